The van der Waals surface area contributed by atoms with Gasteiger partial charge in [-0.15, -0.1) is 0 Å². The number of aromatic nitrogens is 2. The summed E-state index contributed by atoms with van der Waals surface area (Å²) in [5, 5.41) is 3.40. The lowest BCUT2D eigenvalue weighted by atomic mass is 10.3. The average Bonchev–Trinajstić information content (AvgIpc) is 3.10. The molecule has 1 amide bonds. The van der Waals surface area contributed by atoms with Crippen LogP contribution in [0.1, 0.15) is 10.5 Å². The molecule has 0 bridgehead atoms. The Bertz CT molecular complexity index is 848. The summed E-state index contributed by atoms with van der Waals surface area (Å²) in [6.07, 6.45) is 2.96. The predicted octanol–water partition coefficient (Wildman–Crippen LogP) is 3.47. The van der Waals surface area contributed by atoms with E-state index in [-0.39, 0.29) is 11.7 Å². The first-order valence-electron chi connectivity index (χ1n) is 7.58. The van der Waals surface area contributed by atoms with Crippen LogP contribution in [0.4, 0.5) is 4.39 Å². The van der Waals surface area contributed by atoms with Gasteiger partial charge in [0.1, 0.15) is 23.9 Å². The standard InChI is InChI=1S/C18H15ClFN3O2/c19-13-1-7-16(8-2-13)25-10-9-22-18(24)17-11-21-12-23(17)15-5-3-14(20)4-6-15/h1-8,11-12H,9-10H2,(H,22,24). The summed E-state index contributed by atoms with van der Waals surface area (Å²) < 4.78 is 20.1. The van der Waals surface area contributed by atoms with E-state index in [1.807, 2.05) is 0 Å². The van der Waals surface area contributed by atoms with Crippen molar-refractivity contribution in [2.45, 2.75) is 0 Å². The van der Waals surface area contributed by atoms with Crippen molar-refractivity contribution in [3.05, 3.63) is 77.6 Å². The first kappa shape index (κ1) is 17.0. The maximum atomic E-state index is 13.0. The number of halogens is 2. The Morgan fingerprint density at radius 3 is 2.60 bits per heavy atom. The van der Waals surface area contributed by atoms with Crippen LogP contribution < -0.4 is 10.1 Å². The van der Waals surface area contributed by atoms with Crippen molar-refractivity contribution in [1.82, 2.24) is 14.9 Å². The minimum atomic E-state index is -0.339. The Balaban J connectivity index is 1.56. The molecule has 2 aromatic carbocycles. The number of carbonyl (C=O) groups is 1. The Kier molecular flexibility index (Phi) is 5.30. The highest BCUT2D eigenvalue weighted by molar-refractivity contribution is 6.30. The maximum Gasteiger partial charge on any atom is 0.270 e. The number of nitrogens with zero attached hydrogens (tertiary/aromatic N) is 2. The molecule has 1 aromatic heterocycles. The molecule has 1 N–H and O–H groups in total. The molecule has 5 nitrogen and oxygen atoms in total. The summed E-state index contributed by atoms with van der Waals surface area (Å²) in [5.41, 5.74) is 1.01. The molecule has 0 aliphatic rings. The molecular formula is C18H15ClFN3O2. The van der Waals surface area contributed by atoms with Crippen LogP contribution in [-0.4, -0.2) is 28.6 Å². The molecule has 7 heteroatoms. The van der Waals surface area contributed by atoms with Crippen LogP contribution in [0.25, 0.3) is 5.69 Å². The maximum absolute atomic E-state index is 13.0. The molecule has 3 rings (SSSR count). The molecule has 0 radical (unpaired) electrons. The fraction of sp³-hybridized carbons (Fsp3) is 0.111. The van der Waals surface area contributed by atoms with E-state index < -0.39 is 0 Å². The number of ether oxygens (including phenoxy) is 1. The summed E-state index contributed by atoms with van der Waals surface area (Å²) in [4.78, 5) is 16.3. The largest absolute Gasteiger partial charge is 0.492 e. The van der Waals surface area contributed by atoms with Gasteiger partial charge in [-0.25, -0.2) is 9.37 Å². The lowest BCUT2D eigenvalue weighted by Gasteiger charge is -2.10. The van der Waals surface area contributed by atoms with Gasteiger partial charge in [0.15, 0.2) is 0 Å². The highest BCUT2D eigenvalue weighted by Crippen LogP contribution is 2.15. The van der Waals surface area contributed by atoms with E-state index in [1.54, 1.807) is 41.0 Å². The van der Waals surface area contributed by atoms with Crippen LogP contribution in [-0.2, 0) is 0 Å². The zero-order valence-corrected chi connectivity index (χ0v) is 13.9. The second-order valence-corrected chi connectivity index (χ2v) is 5.62. The zero-order chi connectivity index (χ0) is 17.6. The van der Waals surface area contributed by atoms with Gasteiger partial charge in [-0.3, -0.25) is 9.36 Å². The van der Waals surface area contributed by atoms with Crippen molar-refractivity contribution in [3.8, 4) is 11.4 Å². The number of imidazole rings is 1. The van der Waals surface area contributed by atoms with Gasteiger partial charge in [0.2, 0.25) is 0 Å². The van der Waals surface area contributed by atoms with Gasteiger partial charge in [0, 0.05) is 10.7 Å². The predicted molar refractivity (Wildman–Crippen MR) is 92.8 cm³/mol. The molecule has 1 heterocycles. The van der Waals surface area contributed by atoms with Crippen LogP contribution in [0.5, 0.6) is 5.75 Å². The molecule has 0 aliphatic heterocycles. The van der Waals surface area contributed by atoms with Gasteiger partial charge in [-0.2, -0.15) is 0 Å². The summed E-state index contributed by atoms with van der Waals surface area (Å²) in [5.74, 6) is 0.0470. The highest BCUT2D eigenvalue weighted by atomic mass is 35.5. The summed E-state index contributed by atoms with van der Waals surface area (Å²) in [6.45, 7) is 0.647. The third-order valence-electron chi connectivity index (χ3n) is 3.45. The summed E-state index contributed by atoms with van der Waals surface area (Å²) >= 11 is 5.80. The molecule has 25 heavy (non-hydrogen) atoms. The van der Waals surface area contributed by atoms with E-state index in [9.17, 15) is 9.18 Å². The second kappa shape index (κ2) is 7.81. The molecule has 0 fully saturated rings. The molecule has 0 aliphatic carbocycles. The SMILES string of the molecule is O=C(NCCOc1ccc(Cl)cc1)c1cncn1-c1ccc(F)cc1. The lowest BCUT2D eigenvalue weighted by molar-refractivity contribution is 0.0940. The minimum Gasteiger partial charge on any atom is -0.492 e. The van der Waals surface area contributed by atoms with Crippen LogP contribution in [0, 0.1) is 5.82 Å². The smallest absolute Gasteiger partial charge is 0.270 e. The molecule has 0 saturated heterocycles. The molecule has 0 atom stereocenters. The van der Waals surface area contributed by atoms with Gasteiger partial charge in [0.25, 0.3) is 5.91 Å². The Morgan fingerprint density at radius 2 is 1.88 bits per heavy atom. The minimum absolute atomic E-state index is 0.290. The van der Waals surface area contributed by atoms with Crippen LogP contribution in [0.2, 0.25) is 5.02 Å². The number of carbonyl (C=O) groups excluding carboxylic acids is 1. The van der Waals surface area contributed by atoms with Gasteiger partial charge in [-0.1, -0.05) is 11.6 Å². The van der Waals surface area contributed by atoms with E-state index in [0.717, 1.165) is 0 Å². The topological polar surface area (TPSA) is 56.1 Å². The molecule has 0 unspecified atom stereocenters. The second-order valence-electron chi connectivity index (χ2n) is 5.18. The van der Waals surface area contributed by atoms with Gasteiger partial charge < -0.3 is 10.1 Å². The van der Waals surface area contributed by atoms with E-state index in [1.165, 1.54) is 24.7 Å². The Hall–Kier alpha value is -2.86. The number of hydrogen-bond donors (Lipinski definition) is 1. The fourth-order valence-electron chi connectivity index (χ4n) is 2.23. The van der Waals surface area contributed by atoms with E-state index in [4.69, 9.17) is 16.3 Å². The molecule has 3 aromatic rings. The van der Waals surface area contributed by atoms with E-state index in [0.29, 0.717) is 35.3 Å². The fourth-order valence-corrected chi connectivity index (χ4v) is 2.35. The number of benzene rings is 2. The summed E-state index contributed by atoms with van der Waals surface area (Å²) in [6, 6.07) is 12.8. The third kappa shape index (κ3) is 4.36. The average molecular weight is 360 g/mol. The number of amides is 1. The molecular weight excluding hydrogens is 345 g/mol. The first-order chi connectivity index (χ1) is 12.1. The lowest BCUT2D eigenvalue weighted by Crippen LogP contribution is -2.29. The van der Waals surface area contributed by atoms with Crippen molar-refractivity contribution in [2.75, 3.05) is 13.2 Å². The van der Waals surface area contributed by atoms with E-state index in [2.05, 4.69) is 10.3 Å². The summed E-state index contributed by atoms with van der Waals surface area (Å²) in [7, 11) is 0. The third-order valence-corrected chi connectivity index (χ3v) is 3.70. The molecule has 0 spiro atoms. The van der Waals surface area contributed by atoms with Crippen molar-refractivity contribution in [2.24, 2.45) is 0 Å². The number of hydrogen-bond acceptors (Lipinski definition) is 3. The van der Waals surface area contributed by atoms with Crippen molar-refractivity contribution in [3.63, 3.8) is 0 Å². The highest BCUT2D eigenvalue weighted by Gasteiger charge is 2.12. The van der Waals surface area contributed by atoms with E-state index >= 15 is 0 Å². The zero-order valence-electron chi connectivity index (χ0n) is 13.2. The Labute approximate surface area is 149 Å². The van der Waals surface area contributed by atoms with Crippen LogP contribution in [0.3, 0.4) is 0 Å². The van der Waals surface area contributed by atoms with Crippen molar-refractivity contribution >= 4 is 17.5 Å². The number of rotatable bonds is 6. The van der Waals surface area contributed by atoms with Crippen LogP contribution in [0.15, 0.2) is 61.1 Å². The van der Waals surface area contributed by atoms with Crippen molar-refractivity contribution < 1.29 is 13.9 Å². The monoisotopic (exact) mass is 359 g/mol. The van der Waals surface area contributed by atoms with Crippen molar-refractivity contribution in [1.29, 1.82) is 0 Å². The molecule has 128 valence electrons. The number of nitrogens with one attached hydrogen (secondary N) is 1. The normalized spacial score (nSPS) is 10.5. The molecule has 0 saturated carbocycles. The van der Waals surface area contributed by atoms with Gasteiger partial charge in [0.05, 0.1) is 19.1 Å². The Morgan fingerprint density at radius 1 is 1.16 bits per heavy atom. The van der Waals surface area contributed by atoms with Crippen LogP contribution >= 0.6 is 11.6 Å². The first-order valence-corrected chi connectivity index (χ1v) is 7.96. The van der Waals surface area contributed by atoms with Gasteiger partial charge >= 0.3 is 0 Å². The quantitative estimate of drug-likeness (QED) is 0.686. The van der Waals surface area contributed by atoms with Gasteiger partial charge in [-0.05, 0) is 48.5 Å².